The minimum Gasteiger partial charge on any atom is -0.309 e. The van der Waals surface area contributed by atoms with E-state index in [0.717, 1.165) is 0 Å². The Morgan fingerprint density at radius 2 is 2.00 bits per heavy atom. The van der Waals surface area contributed by atoms with Crippen molar-refractivity contribution in [2.45, 2.75) is 6.42 Å². The van der Waals surface area contributed by atoms with Crippen molar-refractivity contribution < 1.29 is 0 Å². The first-order chi connectivity index (χ1) is 4.27. The zero-order chi connectivity index (χ0) is 7.11. The molecule has 0 aliphatic carbocycles. The van der Waals surface area contributed by atoms with Gasteiger partial charge in [0.05, 0.1) is 0 Å². The molecule has 0 saturated heterocycles. The SMILES string of the molecule is CSSCCCN(C)C. The van der Waals surface area contributed by atoms with Gasteiger partial charge in [0, 0.05) is 5.75 Å². The summed E-state index contributed by atoms with van der Waals surface area (Å²) < 4.78 is 0. The van der Waals surface area contributed by atoms with Gasteiger partial charge < -0.3 is 4.90 Å². The van der Waals surface area contributed by atoms with Gasteiger partial charge in [0.2, 0.25) is 0 Å². The van der Waals surface area contributed by atoms with Crippen LogP contribution in [0, 0.1) is 0 Å². The molecule has 9 heavy (non-hydrogen) atoms. The highest BCUT2D eigenvalue weighted by molar-refractivity contribution is 8.76. The highest BCUT2D eigenvalue weighted by atomic mass is 33.1. The molecule has 1 nitrogen and oxygen atoms in total. The second kappa shape index (κ2) is 6.78. The molecule has 0 aromatic heterocycles. The van der Waals surface area contributed by atoms with Crippen molar-refractivity contribution in [3.63, 3.8) is 0 Å². The number of hydrogen-bond donors (Lipinski definition) is 0. The zero-order valence-corrected chi connectivity index (χ0v) is 8.02. The van der Waals surface area contributed by atoms with Gasteiger partial charge in [-0.15, -0.1) is 0 Å². The molecule has 0 N–H and O–H groups in total. The molecule has 56 valence electrons. The standard InChI is InChI=1S/C6H15NS2/c1-7(2)5-4-6-9-8-3/h4-6H2,1-3H3. The Morgan fingerprint density at radius 3 is 2.44 bits per heavy atom. The summed E-state index contributed by atoms with van der Waals surface area (Å²) in [6.45, 7) is 1.22. The maximum Gasteiger partial charge on any atom is 0.00490 e. The van der Waals surface area contributed by atoms with E-state index in [-0.39, 0.29) is 0 Å². The van der Waals surface area contributed by atoms with Crippen molar-refractivity contribution >= 4 is 21.6 Å². The maximum absolute atomic E-state index is 2.22. The first-order valence-corrected chi connectivity index (χ1v) is 5.80. The summed E-state index contributed by atoms with van der Waals surface area (Å²) in [5.41, 5.74) is 0. The largest absolute Gasteiger partial charge is 0.309 e. The van der Waals surface area contributed by atoms with E-state index in [1.165, 1.54) is 18.7 Å². The Kier molecular flexibility index (Phi) is 7.27. The summed E-state index contributed by atoms with van der Waals surface area (Å²) in [4.78, 5) is 2.22. The molecule has 0 spiro atoms. The van der Waals surface area contributed by atoms with E-state index >= 15 is 0 Å². The third kappa shape index (κ3) is 8.66. The molecule has 0 amide bonds. The Balaban J connectivity index is 2.75. The van der Waals surface area contributed by atoms with Crippen molar-refractivity contribution in [3.05, 3.63) is 0 Å². The monoisotopic (exact) mass is 165 g/mol. The van der Waals surface area contributed by atoms with Crippen LogP contribution < -0.4 is 0 Å². The van der Waals surface area contributed by atoms with Crippen LogP contribution in [0.15, 0.2) is 0 Å². The van der Waals surface area contributed by atoms with E-state index in [0.29, 0.717) is 0 Å². The highest BCUT2D eigenvalue weighted by Crippen LogP contribution is 2.16. The number of hydrogen-bond acceptors (Lipinski definition) is 3. The third-order valence-corrected chi connectivity index (χ3v) is 2.85. The Labute approximate surface area is 66.0 Å². The minimum absolute atomic E-state index is 1.22. The topological polar surface area (TPSA) is 3.24 Å². The van der Waals surface area contributed by atoms with Crippen LogP contribution in [0.4, 0.5) is 0 Å². The Bertz CT molecular complexity index is 57.0. The van der Waals surface area contributed by atoms with Crippen molar-refractivity contribution in [2.24, 2.45) is 0 Å². The molecule has 0 rings (SSSR count). The fourth-order valence-electron chi connectivity index (χ4n) is 0.523. The van der Waals surface area contributed by atoms with Crippen molar-refractivity contribution in [2.75, 3.05) is 32.6 Å². The zero-order valence-electron chi connectivity index (χ0n) is 6.39. The maximum atomic E-state index is 2.22. The summed E-state index contributed by atoms with van der Waals surface area (Å²) in [6.07, 6.45) is 3.43. The van der Waals surface area contributed by atoms with Crippen LogP contribution in [-0.4, -0.2) is 37.5 Å². The molecule has 0 heterocycles. The number of rotatable bonds is 5. The molecule has 0 fully saturated rings. The van der Waals surface area contributed by atoms with Gasteiger partial charge >= 0.3 is 0 Å². The average Bonchev–Trinajstić information content (AvgIpc) is 1.80. The molecule has 0 atom stereocenters. The van der Waals surface area contributed by atoms with Crippen LogP contribution in [0.5, 0.6) is 0 Å². The number of nitrogens with zero attached hydrogens (tertiary/aromatic N) is 1. The molecule has 0 aliphatic heterocycles. The molecule has 3 heteroatoms. The van der Waals surface area contributed by atoms with Crippen molar-refractivity contribution in [3.8, 4) is 0 Å². The minimum atomic E-state index is 1.22. The summed E-state index contributed by atoms with van der Waals surface area (Å²) in [5, 5.41) is 0. The van der Waals surface area contributed by atoms with E-state index in [9.17, 15) is 0 Å². The predicted octanol–water partition coefficient (Wildman–Crippen LogP) is 1.95. The highest BCUT2D eigenvalue weighted by Gasteiger charge is 1.89. The van der Waals surface area contributed by atoms with E-state index in [1.807, 2.05) is 21.6 Å². The van der Waals surface area contributed by atoms with Gasteiger partial charge in [-0.25, -0.2) is 0 Å². The first-order valence-electron chi connectivity index (χ1n) is 3.07. The molecule has 0 aromatic rings. The second-order valence-corrected chi connectivity index (χ2v) is 4.83. The van der Waals surface area contributed by atoms with E-state index in [2.05, 4.69) is 25.3 Å². The summed E-state index contributed by atoms with van der Waals surface area (Å²) in [6, 6.07) is 0. The summed E-state index contributed by atoms with van der Waals surface area (Å²) in [5.74, 6) is 1.28. The normalized spacial score (nSPS) is 10.7. The van der Waals surface area contributed by atoms with Crippen LogP contribution in [-0.2, 0) is 0 Å². The summed E-state index contributed by atoms with van der Waals surface area (Å²) >= 11 is 0. The fourth-order valence-corrected chi connectivity index (χ4v) is 1.79. The molecule has 0 unspecified atom stereocenters. The Morgan fingerprint density at radius 1 is 1.33 bits per heavy atom. The smallest absolute Gasteiger partial charge is 0.00490 e. The fraction of sp³-hybridized carbons (Fsp3) is 1.00. The van der Waals surface area contributed by atoms with Gasteiger partial charge in [-0.05, 0) is 33.3 Å². The molecule has 0 radical (unpaired) electrons. The van der Waals surface area contributed by atoms with Gasteiger partial charge in [-0.3, -0.25) is 0 Å². The first kappa shape index (κ1) is 9.66. The van der Waals surface area contributed by atoms with Crippen LogP contribution in [0.3, 0.4) is 0 Å². The molecule has 0 saturated carbocycles. The van der Waals surface area contributed by atoms with E-state index in [1.54, 1.807) is 0 Å². The van der Waals surface area contributed by atoms with Crippen LogP contribution >= 0.6 is 21.6 Å². The lowest BCUT2D eigenvalue weighted by Crippen LogP contribution is -2.13. The van der Waals surface area contributed by atoms with Gasteiger partial charge in [0.15, 0.2) is 0 Å². The predicted molar refractivity (Wildman–Crippen MR) is 49.1 cm³/mol. The van der Waals surface area contributed by atoms with Gasteiger partial charge in [-0.2, -0.15) is 0 Å². The lowest BCUT2D eigenvalue weighted by atomic mass is 10.5. The van der Waals surface area contributed by atoms with Gasteiger partial charge in [0.25, 0.3) is 0 Å². The van der Waals surface area contributed by atoms with Crippen LogP contribution in [0.25, 0.3) is 0 Å². The molecular weight excluding hydrogens is 150 g/mol. The second-order valence-electron chi connectivity index (χ2n) is 2.15. The summed E-state index contributed by atoms with van der Waals surface area (Å²) in [7, 11) is 8.02. The third-order valence-electron chi connectivity index (χ3n) is 0.951. The van der Waals surface area contributed by atoms with Crippen molar-refractivity contribution in [1.82, 2.24) is 4.90 Å². The lowest BCUT2D eigenvalue weighted by molar-refractivity contribution is 0.410. The quantitative estimate of drug-likeness (QED) is 0.453. The van der Waals surface area contributed by atoms with Crippen LogP contribution in [0.2, 0.25) is 0 Å². The van der Waals surface area contributed by atoms with Crippen LogP contribution in [0.1, 0.15) is 6.42 Å². The van der Waals surface area contributed by atoms with Gasteiger partial charge in [0.1, 0.15) is 0 Å². The molecular formula is C6H15NS2. The van der Waals surface area contributed by atoms with Crippen molar-refractivity contribution in [1.29, 1.82) is 0 Å². The molecule has 0 aromatic carbocycles. The van der Waals surface area contributed by atoms with E-state index in [4.69, 9.17) is 0 Å². The van der Waals surface area contributed by atoms with E-state index < -0.39 is 0 Å². The average molecular weight is 165 g/mol. The van der Waals surface area contributed by atoms with Gasteiger partial charge in [-0.1, -0.05) is 21.6 Å². The lowest BCUT2D eigenvalue weighted by Gasteiger charge is -2.07. The Hall–Kier alpha value is 0.660. The molecule has 0 aliphatic rings. The molecule has 0 bridgehead atoms.